The molecule has 0 aromatic heterocycles. The number of halogens is 6. The molecule has 2 atom stereocenters. The lowest BCUT2D eigenvalue weighted by Gasteiger charge is -2.50. The molecule has 0 heterocycles. The zero-order valence-electron chi connectivity index (χ0n) is 20.0. The Morgan fingerprint density at radius 2 is 1.72 bits per heavy atom. The molecule has 0 radical (unpaired) electrons. The third-order valence-electron chi connectivity index (χ3n) is 7.88. The van der Waals surface area contributed by atoms with Gasteiger partial charge in [0, 0.05) is 12.6 Å². The zero-order chi connectivity index (χ0) is 26.5. The second-order valence-electron chi connectivity index (χ2n) is 10.5. The van der Waals surface area contributed by atoms with Gasteiger partial charge in [0.2, 0.25) is 0 Å². The van der Waals surface area contributed by atoms with E-state index in [0.717, 1.165) is 5.56 Å². The molecule has 2 aliphatic rings. The van der Waals surface area contributed by atoms with Crippen LogP contribution in [0, 0.1) is 17.3 Å². The number of fused-ring (bicyclic) bond motifs is 1. The van der Waals surface area contributed by atoms with Gasteiger partial charge in [-0.2, -0.15) is 26.3 Å². The van der Waals surface area contributed by atoms with E-state index < -0.39 is 47.2 Å². The Labute approximate surface area is 205 Å². The molecule has 2 unspecified atom stereocenters. The maximum Gasteiger partial charge on any atom is 0.420 e. The number of hydrogen-bond acceptors (Lipinski definition) is 3. The van der Waals surface area contributed by atoms with E-state index in [2.05, 4.69) is 5.32 Å². The van der Waals surface area contributed by atoms with Gasteiger partial charge in [0.05, 0.1) is 17.9 Å². The molecule has 0 spiro atoms. The van der Waals surface area contributed by atoms with Gasteiger partial charge >= 0.3 is 18.3 Å². The van der Waals surface area contributed by atoms with Crippen LogP contribution in [0.15, 0.2) is 30.3 Å². The van der Waals surface area contributed by atoms with Crippen molar-refractivity contribution >= 4 is 16.7 Å². The molecule has 0 amide bonds. The Morgan fingerprint density at radius 1 is 1.06 bits per heavy atom. The van der Waals surface area contributed by atoms with Gasteiger partial charge in [-0.3, -0.25) is 4.79 Å². The van der Waals surface area contributed by atoms with Crippen molar-refractivity contribution < 1.29 is 41.0 Å². The Hall–Kier alpha value is -2.49. The minimum Gasteiger partial charge on any atom is -0.490 e. The summed E-state index contributed by atoms with van der Waals surface area (Å²) in [5.74, 6) is -3.09. The fourth-order valence-corrected chi connectivity index (χ4v) is 5.48. The fourth-order valence-electron chi connectivity index (χ4n) is 5.48. The van der Waals surface area contributed by atoms with E-state index in [9.17, 15) is 36.2 Å². The SMILES string of the molecule is CC1(C)C(NCc2ccc3c(C(F)(F)F)c(OC4CCC(C(F)(F)F)CC4)ccc3c2)CC1C(=O)O. The van der Waals surface area contributed by atoms with Gasteiger partial charge in [0.15, 0.2) is 0 Å². The second-order valence-corrected chi connectivity index (χ2v) is 10.5. The summed E-state index contributed by atoms with van der Waals surface area (Å²) in [6.45, 7) is 4.12. The first-order valence-electron chi connectivity index (χ1n) is 12.0. The largest absolute Gasteiger partial charge is 0.490 e. The van der Waals surface area contributed by atoms with E-state index in [1.165, 1.54) is 18.2 Å². The quantitative estimate of drug-likeness (QED) is 0.407. The summed E-state index contributed by atoms with van der Waals surface area (Å²) in [6, 6.07) is 7.36. The molecule has 2 N–H and O–H groups in total. The number of hydrogen-bond donors (Lipinski definition) is 2. The molecule has 2 fully saturated rings. The highest BCUT2D eigenvalue weighted by atomic mass is 19.4. The standard InChI is InChI=1S/C26H29F6NO3/c1-24(2)19(23(34)35)12-21(24)33-13-14-3-9-18-15(11-14)4-10-20(22(18)26(30,31)32)36-17-7-5-16(6-8-17)25(27,28)29/h3-4,9-11,16-17,19,21,33H,5-8,12-13H2,1-2H3,(H,34,35). The average Bonchev–Trinajstić information content (AvgIpc) is 2.76. The monoisotopic (exact) mass is 517 g/mol. The summed E-state index contributed by atoms with van der Waals surface area (Å²) in [5, 5.41) is 12.9. The van der Waals surface area contributed by atoms with Crippen LogP contribution < -0.4 is 10.1 Å². The molecular weight excluding hydrogens is 488 g/mol. The minimum absolute atomic E-state index is 0.0248. The number of carbonyl (C=O) groups is 1. The predicted octanol–water partition coefficient (Wildman–Crippen LogP) is 6.95. The van der Waals surface area contributed by atoms with Gasteiger partial charge in [-0.15, -0.1) is 0 Å². The maximum atomic E-state index is 14.1. The van der Waals surface area contributed by atoms with Crippen LogP contribution >= 0.6 is 0 Å². The molecule has 2 aromatic carbocycles. The van der Waals surface area contributed by atoms with Crippen molar-refractivity contribution in [3.05, 3.63) is 41.5 Å². The summed E-state index contributed by atoms with van der Waals surface area (Å²) in [7, 11) is 0. The van der Waals surface area contributed by atoms with Crippen LogP contribution in [0.5, 0.6) is 5.75 Å². The van der Waals surface area contributed by atoms with Gasteiger partial charge in [0.25, 0.3) is 0 Å². The van der Waals surface area contributed by atoms with Gasteiger partial charge in [-0.05, 0) is 66.0 Å². The van der Waals surface area contributed by atoms with Gasteiger partial charge in [-0.25, -0.2) is 0 Å². The number of rotatable bonds is 6. The average molecular weight is 518 g/mol. The van der Waals surface area contributed by atoms with Crippen molar-refractivity contribution in [1.82, 2.24) is 5.32 Å². The van der Waals surface area contributed by atoms with Crippen LogP contribution in [0.3, 0.4) is 0 Å². The molecule has 198 valence electrons. The van der Waals surface area contributed by atoms with E-state index in [1.54, 1.807) is 12.1 Å². The van der Waals surface area contributed by atoms with Crippen molar-refractivity contribution in [2.45, 2.75) is 77.0 Å². The van der Waals surface area contributed by atoms with Gasteiger partial charge in [-0.1, -0.05) is 32.0 Å². The van der Waals surface area contributed by atoms with E-state index in [4.69, 9.17) is 4.74 Å². The van der Waals surface area contributed by atoms with Crippen molar-refractivity contribution in [3.8, 4) is 5.75 Å². The Balaban J connectivity index is 1.50. The van der Waals surface area contributed by atoms with Crippen molar-refractivity contribution in [3.63, 3.8) is 0 Å². The van der Waals surface area contributed by atoms with E-state index in [1.807, 2.05) is 13.8 Å². The molecule has 4 rings (SSSR count). The first-order valence-corrected chi connectivity index (χ1v) is 12.0. The van der Waals surface area contributed by atoms with Crippen LogP contribution in [-0.4, -0.2) is 29.4 Å². The Kier molecular flexibility index (Phi) is 6.96. The first kappa shape index (κ1) is 26.6. The fraction of sp³-hybridized carbons (Fsp3) is 0.577. The van der Waals surface area contributed by atoms with E-state index >= 15 is 0 Å². The van der Waals surface area contributed by atoms with Crippen LogP contribution in [0.25, 0.3) is 10.8 Å². The number of carboxylic acids is 1. The summed E-state index contributed by atoms with van der Waals surface area (Å²) >= 11 is 0. The molecule has 0 bridgehead atoms. The normalized spacial score (nSPS) is 26.4. The minimum atomic E-state index is -4.71. The number of alkyl halides is 6. The van der Waals surface area contributed by atoms with Crippen LogP contribution in [0.2, 0.25) is 0 Å². The Bertz CT molecular complexity index is 1120. The highest BCUT2D eigenvalue weighted by Crippen LogP contribution is 2.47. The molecule has 2 saturated carbocycles. The number of benzene rings is 2. The van der Waals surface area contributed by atoms with E-state index in [-0.39, 0.29) is 42.9 Å². The second kappa shape index (κ2) is 9.43. The maximum absolute atomic E-state index is 14.1. The van der Waals surface area contributed by atoms with Crippen molar-refractivity contribution in [2.75, 3.05) is 0 Å². The number of nitrogens with one attached hydrogen (secondary N) is 1. The topological polar surface area (TPSA) is 58.6 Å². The number of aliphatic carboxylic acids is 1. The molecule has 2 aromatic rings. The summed E-state index contributed by atoms with van der Waals surface area (Å²) in [4.78, 5) is 11.3. The molecule has 10 heteroatoms. The van der Waals surface area contributed by atoms with Gasteiger partial charge in [0.1, 0.15) is 11.3 Å². The highest BCUT2D eigenvalue weighted by Gasteiger charge is 2.51. The highest BCUT2D eigenvalue weighted by molar-refractivity contribution is 5.89. The molecular formula is C26H29F6NO3. The molecule has 0 aliphatic heterocycles. The molecule has 36 heavy (non-hydrogen) atoms. The Morgan fingerprint density at radius 3 is 2.28 bits per heavy atom. The molecule has 4 nitrogen and oxygen atoms in total. The van der Waals surface area contributed by atoms with Crippen LogP contribution in [-0.2, 0) is 17.5 Å². The zero-order valence-corrected chi connectivity index (χ0v) is 20.0. The third kappa shape index (κ3) is 5.28. The number of ether oxygens (including phenoxy) is 1. The lowest BCUT2D eigenvalue weighted by Crippen LogP contribution is -2.58. The lowest BCUT2D eigenvalue weighted by molar-refractivity contribution is -0.185. The first-order chi connectivity index (χ1) is 16.7. The van der Waals surface area contributed by atoms with Crippen LogP contribution in [0.1, 0.15) is 57.1 Å². The predicted molar refractivity (Wildman–Crippen MR) is 122 cm³/mol. The van der Waals surface area contributed by atoms with Crippen molar-refractivity contribution in [1.29, 1.82) is 0 Å². The summed E-state index contributed by atoms with van der Waals surface area (Å²) in [6.07, 6.45) is -9.46. The van der Waals surface area contributed by atoms with E-state index in [0.29, 0.717) is 18.4 Å². The van der Waals surface area contributed by atoms with Crippen LogP contribution in [0.4, 0.5) is 26.3 Å². The summed E-state index contributed by atoms with van der Waals surface area (Å²) in [5.41, 5.74) is -0.608. The molecule has 2 aliphatic carbocycles. The third-order valence-corrected chi connectivity index (χ3v) is 7.88. The smallest absolute Gasteiger partial charge is 0.420 e. The van der Waals surface area contributed by atoms with Gasteiger partial charge < -0.3 is 15.2 Å². The lowest BCUT2D eigenvalue weighted by atomic mass is 9.58. The van der Waals surface area contributed by atoms with Crippen molar-refractivity contribution in [2.24, 2.45) is 17.3 Å². The summed E-state index contributed by atoms with van der Waals surface area (Å²) < 4.78 is 86.5. The number of carboxylic acid groups (broad SMARTS) is 1. The molecule has 0 saturated heterocycles.